The van der Waals surface area contributed by atoms with Crippen LogP contribution in [0.25, 0.3) is 22.5 Å². The van der Waals surface area contributed by atoms with Gasteiger partial charge in [0.05, 0.1) is 12.4 Å². The number of benzene rings is 2. The van der Waals surface area contributed by atoms with Crippen molar-refractivity contribution in [1.82, 2.24) is 35.1 Å². The molecule has 0 spiro atoms. The Morgan fingerprint density at radius 1 is 1.03 bits per heavy atom. The van der Waals surface area contributed by atoms with E-state index in [4.69, 9.17) is 4.98 Å². The van der Waals surface area contributed by atoms with Crippen molar-refractivity contribution < 1.29 is 0 Å². The van der Waals surface area contributed by atoms with E-state index in [0.29, 0.717) is 5.82 Å². The molecule has 1 aliphatic carbocycles. The quantitative estimate of drug-likeness (QED) is 0.371. The van der Waals surface area contributed by atoms with E-state index in [1.54, 1.807) is 0 Å². The van der Waals surface area contributed by atoms with E-state index in [0.717, 1.165) is 55.2 Å². The van der Waals surface area contributed by atoms with Crippen LogP contribution in [0.15, 0.2) is 48.5 Å². The molecule has 3 heterocycles. The van der Waals surface area contributed by atoms with E-state index in [1.807, 2.05) is 12.1 Å². The smallest absolute Gasteiger partial charge is 0.205 e. The number of H-pyrrole nitrogens is 1. The van der Waals surface area contributed by atoms with Crippen LogP contribution in [-0.2, 0) is 19.5 Å². The molecule has 2 aliphatic rings. The van der Waals surface area contributed by atoms with Gasteiger partial charge in [-0.2, -0.15) is 5.21 Å². The van der Waals surface area contributed by atoms with E-state index in [2.05, 4.69) is 85.4 Å². The van der Waals surface area contributed by atoms with Gasteiger partial charge in [0, 0.05) is 38.7 Å². The molecule has 8 nitrogen and oxygen atoms in total. The lowest BCUT2D eigenvalue weighted by atomic mass is 9.98. The van der Waals surface area contributed by atoms with Crippen LogP contribution in [0.3, 0.4) is 0 Å². The van der Waals surface area contributed by atoms with Crippen molar-refractivity contribution in [1.29, 1.82) is 0 Å². The Hall–Kier alpha value is -3.52. The third-order valence-electron chi connectivity index (χ3n) is 7.36. The van der Waals surface area contributed by atoms with E-state index >= 15 is 0 Å². The zero-order valence-electron chi connectivity index (χ0n) is 21.2. The number of nitrogens with zero attached hydrogens (tertiary/aromatic N) is 7. The monoisotopic (exact) mass is 482 g/mol. The summed E-state index contributed by atoms with van der Waals surface area (Å²) >= 11 is 0. The molecule has 6 rings (SSSR count). The Balaban J connectivity index is 1.29. The molecule has 2 aromatic carbocycles. The topological polar surface area (TPSA) is 78.8 Å². The minimum Gasteiger partial charge on any atom is -0.345 e. The number of aromatic amines is 1. The standard InChI is InChI=1S/C28H34N8/c1-3-4-9-26-29-28-25(18-35(19-34(28)2)16-20-10-11-20)36(26)17-21-12-14-22(15-13-21)23-7-5-6-8-24(23)27-30-32-33-31-27/h5-8,12-15,20H,3-4,9-11,16-19H2,1-2H3,(H,30,31,32,33). The first-order chi connectivity index (χ1) is 17.7. The van der Waals surface area contributed by atoms with E-state index in [9.17, 15) is 0 Å². The van der Waals surface area contributed by atoms with Gasteiger partial charge >= 0.3 is 0 Å². The van der Waals surface area contributed by atoms with Gasteiger partial charge in [0.25, 0.3) is 0 Å². The average Bonchev–Trinajstić information content (AvgIpc) is 3.41. The highest BCUT2D eigenvalue weighted by atomic mass is 15.5. The third-order valence-corrected chi connectivity index (χ3v) is 7.36. The molecule has 1 N–H and O–H groups in total. The molecule has 4 aromatic rings. The first-order valence-corrected chi connectivity index (χ1v) is 13.1. The fourth-order valence-electron chi connectivity index (χ4n) is 5.29. The average molecular weight is 483 g/mol. The van der Waals surface area contributed by atoms with Crippen LogP contribution in [0.2, 0.25) is 0 Å². The molecule has 0 unspecified atom stereocenters. The summed E-state index contributed by atoms with van der Waals surface area (Å²) < 4.78 is 2.49. The fourth-order valence-corrected chi connectivity index (χ4v) is 5.29. The Bertz CT molecular complexity index is 1300. The van der Waals surface area contributed by atoms with Gasteiger partial charge in [-0.3, -0.25) is 4.90 Å². The van der Waals surface area contributed by atoms with Gasteiger partial charge in [0.2, 0.25) is 5.82 Å². The number of rotatable bonds is 9. The highest BCUT2D eigenvalue weighted by Crippen LogP contribution is 2.34. The van der Waals surface area contributed by atoms with Gasteiger partial charge in [0.1, 0.15) is 5.82 Å². The number of unbranched alkanes of at least 4 members (excludes halogenated alkanes) is 1. The van der Waals surface area contributed by atoms with Crippen LogP contribution in [0.4, 0.5) is 5.82 Å². The van der Waals surface area contributed by atoms with Crippen molar-refractivity contribution in [3.8, 4) is 22.5 Å². The number of aryl methyl sites for hydroxylation is 1. The summed E-state index contributed by atoms with van der Waals surface area (Å²) in [7, 11) is 2.19. The molecule has 1 fully saturated rings. The first-order valence-electron chi connectivity index (χ1n) is 13.1. The molecule has 0 atom stereocenters. The van der Waals surface area contributed by atoms with Gasteiger partial charge in [-0.25, -0.2) is 4.98 Å². The second-order valence-electron chi connectivity index (χ2n) is 10.3. The number of imidazole rings is 1. The first kappa shape index (κ1) is 22.9. The summed E-state index contributed by atoms with van der Waals surface area (Å²) in [4.78, 5) is 10.1. The summed E-state index contributed by atoms with van der Waals surface area (Å²) in [5.41, 5.74) is 5.88. The van der Waals surface area contributed by atoms with Gasteiger partial charge in [-0.1, -0.05) is 61.9 Å². The number of hydrogen-bond donors (Lipinski definition) is 1. The molecule has 0 radical (unpaired) electrons. The summed E-state index contributed by atoms with van der Waals surface area (Å²) in [6, 6.07) is 17.1. The maximum absolute atomic E-state index is 5.14. The summed E-state index contributed by atoms with van der Waals surface area (Å²) in [5, 5.41) is 14.7. The predicted octanol–water partition coefficient (Wildman–Crippen LogP) is 4.74. The zero-order valence-corrected chi connectivity index (χ0v) is 21.2. The van der Waals surface area contributed by atoms with Crippen molar-refractivity contribution >= 4 is 5.82 Å². The second kappa shape index (κ2) is 9.85. The molecule has 0 bridgehead atoms. The Kier molecular flexibility index (Phi) is 6.27. The normalized spacial score (nSPS) is 15.9. The van der Waals surface area contributed by atoms with Crippen molar-refractivity contribution in [3.05, 3.63) is 65.6 Å². The summed E-state index contributed by atoms with van der Waals surface area (Å²) in [5.74, 6) is 3.88. The van der Waals surface area contributed by atoms with Gasteiger partial charge in [0.15, 0.2) is 5.82 Å². The minimum absolute atomic E-state index is 0.611. The fraction of sp³-hybridized carbons (Fsp3) is 0.429. The molecule has 8 heteroatoms. The molecule has 186 valence electrons. The van der Waals surface area contributed by atoms with Crippen LogP contribution in [0.5, 0.6) is 0 Å². The third kappa shape index (κ3) is 4.65. The van der Waals surface area contributed by atoms with Crippen LogP contribution in [-0.4, -0.2) is 55.3 Å². The molecule has 0 saturated heterocycles. The van der Waals surface area contributed by atoms with Crippen molar-refractivity contribution in [2.45, 2.75) is 52.1 Å². The van der Waals surface area contributed by atoms with Gasteiger partial charge in [-0.05, 0) is 47.1 Å². The number of hydrogen-bond acceptors (Lipinski definition) is 6. The van der Waals surface area contributed by atoms with Crippen LogP contribution >= 0.6 is 0 Å². The van der Waals surface area contributed by atoms with E-state index in [-0.39, 0.29) is 0 Å². The lowest BCUT2D eigenvalue weighted by molar-refractivity contribution is 0.239. The highest BCUT2D eigenvalue weighted by Gasteiger charge is 2.31. The highest BCUT2D eigenvalue weighted by molar-refractivity contribution is 5.80. The number of tetrazole rings is 1. The minimum atomic E-state index is 0.611. The Morgan fingerprint density at radius 2 is 1.83 bits per heavy atom. The zero-order chi connectivity index (χ0) is 24.5. The van der Waals surface area contributed by atoms with Gasteiger partial charge in [-0.15, -0.1) is 10.2 Å². The molecule has 2 aromatic heterocycles. The molecule has 1 saturated carbocycles. The van der Waals surface area contributed by atoms with Crippen LogP contribution in [0.1, 0.15) is 49.7 Å². The van der Waals surface area contributed by atoms with Crippen molar-refractivity contribution in [2.75, 3.05) is 25.2 Å². The van der Waals surface area contributed by atoms with Crippen LogP contribution < -0.4 is 4.90 Å². The lowest BCUT2D eigenvalue weighted by Crippen LogP contribution is -2.41. The van der Waals surface area contributed by atoms with Crippen LogP contribution in [0, 0.1) is 5.92 Å². The molecule has 0 amide bonds. The Labute approximate surface area is 212 Å². The molecular weight excluding hydrogens is 448 g/mol. The molecular formula is C28H34N8. The largest absolute Gasteiger partial charge is 0.345 e. The predicted molar refractivity (Wildman–Crippen MR) is 141 cm³/mol. The number of anilines is 1. The van der Waals surface area contributed by atoms with Gasteiger partial charge < -0.3 is 9.47 Å². The SMILES string of the molecule is CCCCc1nc2c(n1Cc1ccc(-c3ccccc3-c3nn[nH]n3)cc1)CN(CC1CC1)CN2C. The number of fused-ring (bicyclic) bond motifs is 1. The molecule has 1 aliphatic heterocycles. The van der Waals surface area contributed by atoms with E-state index < -0.39 is 0 Å². The van der Waals surface area contributed by atoms with Crippen molar-refractivity contribution in [2.24, 2.45) is 5.92 Å². The second-order valence-corrected chi connectivity index (χ2v) is 10.3. The number of aromatic nitrogens is 6. The Morgan fingerprint density at radius 3 is 2.56 bits per heavy atom. The maximum Gasteiger partial charge on any atom is 0.205 e. The summed E-state index contributed by atoms with van der Waals surface area (Å²) in [6.07, 6.45) is 6.13. The maximum atomic E-state index is 5.14. The van der Waals surface area contributed by atoms with E-state index in [1.165, 1.54) is 48.7 Å². The molecule has 36 heavy (non-hydrogen) atoms. The number of nitrogens with one attached hydrogen (secondary N) is 1. The summed E-state index contributed by atoms with van der Waals surface area (Å²) in [6.45, 7) is 6.27. The lowest BCUT2D eigenvalue weighted by Gasteiger charge is -2.34. The van der Waals surface area contributed by atoms with Crippen molar-refractivity contribution in [3.63, 3.8) is 0 Å².